The van der Waals surface area contributed by atoms with Gasteiger partial charge in [-0.3, -0.25) is 0 Å². The molecule has 1 saturated heterocycles. The van der Waals surface area contributed by atoms with Gasteiger partial charge < -0.3 is 15.1 Å². The van der Waals surface area contributed by atoms with Crippen molar-refractivity contribution in [3.63, 3.8) is 0 Å². The number of nitrogens with zero attached hydrogens (tertiary/aromatic N) is 2. The van der Waals surface area contributed by atoms with E-state index in [-0.39, 0.29) is 0 Å². The molecule has 25 heavy (non-hydrogen) atoms. The van der Waals surface area contributed by atoms with Crippen LogP contribution in [0, 0.1) is 5.92 Å². The molecule has 2 aromatic rings. The molecule has 130 valence electrons. The van der Waals surface area contributed by atoms with E-state index >= 15 is 0 Å². The van der Waals surface area contributed by atoms with Gasteiger partial charge in [-0.25, -0.2) is 0 Å². The Morgan fingerprint density at radius 1 is 0.960 bits per heavy atom. The number of hydrogen-bond acceptors (Lipinski definition) is 3. The number of nitrogens with one attached hydrogen (secondary N) is 1. The predicted octanol–water partition coefficient (Wildman–Crippen LogP) is 4.58. The fraction of sp³-hybridized carbons (Fsp3) is 0.455. The van der Waals surface area contributed by atoms with Crippen molar-refractivity contribution in [2.75, 3.05) is 36.9 Å². The van der Waals surface area contributed by atoms with Crippen LogP contribution in [-0.2, 0) is 6.42 Å². The summed E-state index contributed by atoms with van der Waals surface area (Å²) in [6, 6.07) is 16.3. The summed E-state index contributed by atoms with van der Waals surface area (Å²) in [5.41, 5.74) is 7.19. The van der Waals surface area contributed by atoms with Crippen LogP contribution < -0.4 is 10.2 Å². The molecule has 0 saturated carbocycles. The molecule has 5 rings (SSSR count). The third-order valence-electron chi connectivity index (χ3n) is 6.32. The van der Waals surface area contributed by atoms with E-state index in [0.717, 1.165) is 6.54 Å². The van der Waals surface area contributed by atoms with Gasteiger partial charge in [-0.1, -0.05) is 30.3 Å². The molecule has 0 aromatic heterocycles. The molecule has 3 heteroatoms. The van der Waals surface area contributed by atoms with Crippen molar-refractivity contribution in [1.29, 1.82) is 0 Å². The number of rotatable bonds is 1. The third kappa shape index (κ3) is 2.53. The topological polar surface area (TPSA) is 18.5 Å². The number of hydrogen-bond donors (Lipinski definition) is 1. The monoisotopic (exact) mass is 333 g/mol. The summed E-state index contributed by atoms with van der Waals surface area (Å²) in [4.78, 5) is 5.04. The second-order valence-corrected chi connectivity index (χ2v) is 7.89. The van der Waals surface area contributed by atoms with Crippen LogP contribution in [0.5, 0.6) is 0 Å². The van der Waals surface area contributed by atoms with E-state index in [1.54, 1.807) is 0 Å². The summed E-state index contributed by atoms with van der Waals surface area (Å²) in [7, 11) is 2.25. The first-order chi connectivity index (χ1) is 12.3. The van der Waals surface area contributed by atoms with Crippen LogP contribution in [0.15, 0.2) is 42.5 Å². The minimum Gasteiger partial charge on any atom is -0.376 e. The maximum atomic E-state index is 3.96. The van der Waals surface area contributed by atoms with Crippen LogP contribution in [-0.4, -0.2) is 31.6 Å². The molecular weight excluding hydrogens is 306 g/mol. The van der Waals surface area contributed by atoms with Gasteiger partial charge in [-0.2, -0.15) is 0 Å². The highest BCUT2D eigenvalue weighted by Gasteiger charge is 2.34. The summed E-state index contributed by atoms with van der Waals surface area (Å²) in [5.74, 6) is 0.706. The molecule has 2 aromatic carbocycles. The molecule has 3 aliphatic heterocycles. The Kier molecular flexibility index (Phi) is 3.70. The lowest BCUT2D eigenvalue weighted by molar-refractivity contribution is 0.205. The van der Waals surface area contributed by atoms with Crippen LogP contribution in [0.25, 0.3) is 0 Å². The van der Waals surface area contributed by atoms with Gasteiger partial charge in [0.25, 0.3) is 0 Å². The maximum Gasteiger partial charge on any atom is 0.0646 e. The molecule has 0 spiro atoms. The predicted molar refractivity (Wildman–Crippen MR) is 105 cm³/mol. The minimum atomic E-state index is 0.424. The molecule has 3 nitrogen and oxygen atoms in total. The molecule has 3 aliphatic rings. The van der Waals surface area contributed by atoms with Crippen molar-refractivity contribution < 1.29 is 0 Å². The molecule has 1 atom stereocenters. The van der Waals surface area contributed by atoms with E-state index in [4.69, 9.17) is 0 Å². The second-order valence-electron chi connectivity index (χ2n) is 7.89. The standard InChI is InChI=1S/C22H27N3/c1-24-14-11-16(12-15-24)21-18-8-4-6-17-7-5-13-25(22(17)18)20-10-3-2-9-19(20)23-21/h2-4,6,8-10,16,21,23H,5,7,11-15H2,1H3. The summed E-state index contributed by atoms with van der Waals surface area (Å²) in [6.07, 6.45) is 5.01. The molecule has 1 unspecified atom stereocenters. The zero-order chi connectivity index (χ0) is 16.8. The number of benzene rings is 2. The second kappa shape index (κ2) is 6.06. The van der Waals surface area contributed by atoms with E-state index in [1.165, 1.54) is 67.0 Å². The van der Waals surface area contributed by atoms with Gasteiger partial charge in [0.1, 0.15) is 0 Å². The highest BCUT2D eigenvalue weighted by atomic mass is 15.2. The number of aryl methyl sites for hydroxylation is 1. The van der Waals surface area contributed by atoms with Crippen molar-refractivity contribution in [3.8, 4) is 0 Å². The third-order valence-corrected chi connectivity index (χ3v) is 6.32. The van der Waals surface area contributed by atoms with Crippen LogP contribution >= 0.6 is 0 Å². The van der Waals surface area contributed by atoms with E-state index < -0.39 is 0 Å². The van der Waals surface area contributed by atoms with Gasteiger partial charge in [0.05, 0.1) is 17.4 Å². The maximum absolute atomic E-state index is 3.96. The minimum absolute atomic E-state index is 0.424. The first kappa shape index (κ1) is 15.3. The number of para-hydroxylation sites is 3. The van der Waals surface area contributed by atoms with Crippen molar-refractivity contribution >= 4 is 17.1 Å². The molecule has 1 N–H and O–H groups in total. The normalized spacial score (nSPS) is 23.4. The summed E-state index contributed by atoms with van der Waals surface area (Å²) < 4.78 is 0. The average Bonchev–Trinajstić information content (AvgIpc) is 2.80. The highest BCUT2D eigenvalue weighted by molar-refractivity contribution is 5.83. The van der Waals surface area contributed by atoms with Crippen LogP contribution in [0.1, 0.15) is 36.4 Å². The van der Waals surface area contributed by atoms with Gasteiger partial charge in [-0.15, -0.1) is 0 Å². The van der Waals surface area contributed by atoms with Crippen LogP contribution in [0.3, 0.4) is 0 Å². The van der Waals surface area contributed by atoms with E-state index in [0.29, 0.717) is 12.0 Å². The number of piperidine rings is 1. The van der Waals surface area contributed by atoms with Crippen molar-refractivity contribution in [2.24, 2.45) is 5.92 Å². The Hall–Kier alpha value is -2.00. The summed E-state index contributed by atoms with van der Waals surface area (Å²) >= 11 is 0. The lowest BCUT2D eigenvalue weighted by Gasteiger charge is -2.36. The van der Waals surface area contributed by atoms with E-state index in [1.807, 2.05) is 0 Å². The van der Waals surface area contributed by atoms with E-state index in [9.17, 15) is 0 Å². The Balaban J connectivity index is 1.65. The molecule has 1 fully saturated rings. The fourth-order valence-corrected chi connectivity index (χ4v) is 4.98. The van der Waals surface area contributed by atoms with E-state index in [2.05, 4.69) is 64.6 Å². The number of likely N-dealkylation sites (tertiary alicyclic amines) is 1. The summed E-state index contributed by atoms with van der Waals surface area (Å²) in [6.45, 7) is 3.55. The van der Waals surface area contributed by atoms with Gasteiger partial charge in [0, 0.05) is 12.2 Å². The zero-order valence-electron chi connectivity index (χ0n) is 15.0. The molecule has 0 bridgehead atoms. The van der Waals surface area contributed by atoms with Crippen molar-refractivity contribution in [3.05, 3.63) is 53.6 Å². The van der Waals surface area contributed by atoms with Crippen molar-refractivity contribution in [2.45, 2.75) is 31.7 Å². The largest absolute Gasteiger partial charge is 0.376 e. The molecular formula is C22H27N3. The Bertz CT molecular complexity index is 777. The molecule has 0 aliphatic carbocycles. The summed E-state index contributed by atoms with van der Waals surface area (Å²) in [5, 5.41) is 3.96. The van der Waals surface area contributed by atoms with Crippen LogP contribution in [0.4, 0.5) is 17.1 Å². The number of fused-ring (bicyclic) bond motifs is 2. The highest BCUT2D eigenvalue weighted by Crippen LogP contribution is 2.48. The quantitative estimate of drug-likeness (QED) is 0.824. The van der Waals surface area contributed by atoms with Gasteiger partial charge >= 0.3 is 0 Å². The van der Waals surface area contributed by atoms with Gasteiger partial charge in [0.15, 0.2) is 0 Å². The smallest absolute Gasteiger partial charge is 0.0646 e. The fourth-order valence-electron chi connectivity index (χ4n) is 4.98. The van der Waals surface area contributed by atoms with Gasteiger partial charge in [0.2, 0.25) is 0 Å². The molecule has 3 heterocycles. The zero-order valence-corrected chi connectivity index (χ0v) is 15.0. The molecule has 0 radical (unpaired) electrons. The first-order valence-corrected chi connectivity index (χ1v) is 9.75. The lowest BCUT2D eigenvalue weighted by Crippen LogP contribution is -2.35. The Morgan fingerprint density at radius 2 is 1.80 bits per heavy atom. The SMILES string of the molecule is CN1CCC(C2Nc3ccccc3N3CCCc4cccc2c43)CC1. The Morgan fingerprint density at radius 3 is 2.68 bits per heavy atom. The number of anilines is 3. The average molecular weight is 333 g/mol. The Labute approximate surface area is 150 Å². The van der Waals surface area contributed by atoms with Crippen molar-refractivity contribution in [1.82, 2.24) is 4.90 Å². The lowest BCUT2D eigenvalue weighted by atomic mass is 9.83. The van der Waals surface area contributed by atoms with Gasteiger partial charge in [-0.05, 0) is 75.0 Å². The molecule has 0 amide bonds. The van der Waals surface area contributed by atoms with Crippen LogP contribution in [0.2, 0.25) is 0 Å². The first-order valence-electron chi connectivity index (χ1n) is 9.75.